The van der Waals surface area contributed by atoms with Crippen LogP contribution in [0.15, 0.2) is 42.7 Å². The van der Waals surface area contributed by atoms with E-state index >= 15 is 0 Å². The minimum Gasteiger partial charge on any atom is -0.348 e. The second kappa shape index (κ2) is 6.83. The van der Waals surface area contributed by atoms with Crippen LogP contribution in [0.25, 0.3) is 0 Å². The number of nitrogens with zero attached hydrogens (tertiary/aromatic N) is 1. The Balaban J connectivity index is 1.77. The highest BCUT2D eigenvalue weighted by molar-refractivity contribution is 5.77. The van der Waals surface area contributed by atoms with Crippen LogP contribution in [0.2, 0.25) is 0 Å². The molecule has 0 spiro atoms. The van der Waals surface area contributed by atoms with E-state index in [1.54, 1.807) is 12.4 Å². The fourth-order valence-electron chi connectivity index (χ4n) is 2.84. The topological polar surface area (TPSA) is 54.0 Å². The Kier molecular flexibility index (Phi) is 4.62. The fraction of sp³-hybridized carbons (Fsp3) is 0.294. The highest BCUT2D eigenvalue weighted by atomic mass is 19.1. The Morgan fingerprint density at radius 2 is 1.87 bits per heavy atom. The molecule has 1 aliphatic rings. The van der Waals surface area contributed by atoms with E-state index in [4.69, 9.17) is 0 Å². The normalized spacial score (nSPS) is 21.0. The zero-order valence-electron chi connectivity index (χ0n) is 12.4. The number of hydrogen-bond donors (Lipinski definition) is 2. The number of carbonyl (C=O) groups excluding carboxylic acids is 1. The predicted molar refractivity (Wildman–Crippen MR) is 81.3 cm³/mol. The van der Waals surface area contributed by atoms with Gasteiger partial charge in [0, 0.05) is 37.5 Å². The quantitative estimate of drug-likeness (QED) is 0.911. The SMILES string of the molecule is O=C1CC[C@@H](NCc2ccncc2)[C@H](c2cc(F)cc(F)c2)N1. The molecule has 2 aromatic rings. The van der Waals surface area contributed by atoms with E-state index in [9.17, 15) is 13.6 Å². The first-order valence-electron chi connectivity index (χ1n) is 7.49. The summed E-state index contributed by atoms with van der Waals surface area (Å²) in [6.07, 6.45) is 4.42. The third-order valence-corrected chi connectivity index (χ3v) is 3.96. The van der Waals surface area contributed by atoms with E-state index in [0.717, 1.165) is 11.6 Å². The Hall–Kier alpha value is -2.34. The number of benzene rings is 1. The van der Waals surface area contributed by atoms with Crippen molar-refractivity contribution in [1.82, 2.24) is 15.6 Å². The summed E-state index contributed by atoms with van der Waals surface area (Å²) >= 11 is 0. The number of aromatic nitrogens is 1. The predicted octanol–water partition coefficient (Wildman–Crippen LogP) is 2.47. The lowest BCUT2D eigenvalue weighted by Gasteiger charge is -2.33. The highest BCUT2D eigenvalue weighted by Crippen LogP contribution is 2.26. The molecule has 1 aliphatic heterocycles. The minimum atomic E-state index is -0.646. The molecule has 1 saturated heterocycles. The molecule has 23 heavy (non-hydrogen) atoms. The summed E-state index contributed by atoms with van der Waals surface area (Å²) in [6, 6.07) is 6.59. The lowest BCUT2D eigenvalue weighted by atomic mass is 9.91. The van der Waals surface area contributed by atoms with Gasteiger partial charge in [-0.15, -0.1) is 0 Å². The first-order valence-corrected chi connectivity index (χ1v) is 7.49. The summed E-state index contributed by atoms with van der Waals surface area (Å²) in [5, 5.41) is 6.18. The summed E-state index contributed by atoms with van der Waals surface area (Å²) in [5.41, 5.74) is 1.49. The number of halogens is 2. The lowest BCUT2D eigenvalue weighted by Crippen LogP contribution is -2.48. The number of amides is 1. The average molecular weight is 317 g/mol. The van der Waals surface area contributed by atoms with Crippen molar-refractivity contribution < 1.29 is 13.6 Å². The van der Waals surface area contributed by atoms with Crippen molar-refractivity contribution in [2.45, 2.75) is 31.5 Å². The van der Waals surface area contributed by atoms with E-state index in [1.807, 2.05) is 12.1 Å². The number of carbonyl (C=O) groups is 1. The molecule has 2 N–H and O–H groups in total. The van der Waals surface area contributed by atoms with Crippen LogP contribution in [0.3, 0.4) is 0 Å². The largest absolute Gasteiger partial charge is 0.348 e. The third kappa shape index (κ3) is 3.90. The minimum absolute atomic E-state index is 0.0953. The standard InChI is InChI=1S/C17H17F2N3O/c18-13-7-12(8-14(19)9-13)17-15(1-2-16(23)22-17)21-10-11-3-5-20-6-4-11/h3-9,15,17,21H,1-2,10H2,(H,22,23)/t15-,17+/m1/s1. The van der Waals surface area contributed by atoms with Crippen molar-refractivity contribution in [2.24, 2.45) is 0 Å². The molecule has 1 fully saturated rings. The van der Waals surface area contributed by atoms with E-state index in [-0.39, 0.29) is 11.9 Å². The number of hydrogen-bond acceptors (Lipinski definition) is 3. The van der Waals surface area contributed by atoms with Crippen molar-refractivity contribution in [2.75, 3.05) is 0 Å². The van der Waals surface area contributed by atoms with Crippen molar-refractivity contribution in [1.29, 1.82) is 0 Å². The molecule has 2 atom stereocenters. The van der Waals surface area contributed by atoms with Crippen LogP contribution in [0, 0.1) is 11.6 Å². The Bertz CT molecular complexity index is 673. The number of pyridine rings is 1. The van der Waals surface area contributed by atoms with Crippen LogP contribution >= 0.6 is 0 Å². The smallest absolute Gasteiger partial charge is 0.220 e. The first kappa shape index (κ1) is 15.6. The first-order chi connectivity index (χ1) is 11.1. The van der Waals surface area contributed by atoms with Crippen LogP contribution in [-0.4, -0.2) is 16.9 Å². The van der Waals surface area contributed by atoms with Crippen LogP contribution in [0.4, 0.5) is 8.78 Å². The Morgan fingerprint density at radius 1 is 1.17 bits per heavy atom. The van der Waals surface area contributed by atoms with Crippen LogP contribution in [-0.2, 0) is 11.3 Å². The summed E-state index contributed by atoms with van der Waals surface area (Å²) in [7, 11) is 0. The third-order valence-electron chi connectivity index (χ3n) is 3.96. The Morgan fingerprint density at radius 3 is 2.57 bits per heavy atom. The van der Waals surface area contributed by atoms with Crippen molar-refractivity contribution in [3.63, 3.8) is 0 Å². The summed E-state index contributed by atoms with van der Waals surface area (Å²) in [5.74, 6) is -1.40. The molecule has 120 valence electrons. The highest BCUT2D eigenvalue weighted by Gasteiger charge is 2.30. The van der Waals surface area contributed by atoms with Gasteiger partial charge in [-0.2, -0.15) is 0 Å². The summed E-state index contributed by atoms with van der Waals surface area (Å²) in [6.45, 7) is 0.595. The second-order valence-corrected chi connectivity index (χ2v) is 5.63. The average Bonchev–Trinajstić information content (AvgIpc) is 2.54. The van der Waals surface area contributed by atoms with Gasteiger partial charge in [-0.3, -0.25) is 9.78 Å². The zero-order valence-corrected chi connectivity index (χ0v) is 12.4. The molecule has 4 nitrogen and oxygen atoms in total. The molecule has 2 heterocycles. The number of piperidine rings is 1. The van der Waals surface area contributed by atoms with Gasteiger partial charge in [0.1, 0.15) is 11.6 Å². The van der Waals surface area contributed by atoms with Crippen molar-refractivity contribution in [3.8, 4) is 0 Å². The van der Waals surface area contributed by atoms with Gasteiger partial charge in [0.2, 0.25) is 5.91 Å². The maximum Gasteiger partial charge on any atom is 0.220 e. The Labute approximate surface area is 132 Å². The van der Waals surface area contributed by atoms with Gasteiger partial charge in [-0.25, -0.2) is 8.78 Å². The van der Waals surface area contributed by atoms with Gasteiger partial charge < -0.3 is 10.6 Å². The van der Waals surface area contributed by atoms with E-state index in [2.05, 4.69) is 15.6 Å². The summed E-state index contributed by atoms with van der Waals surface area (Å²) < 4.78 is 27.0. The molecule has 1 aromatic heterocycles. The molecule has 3 rings (SSSR count). The number of nitrogens with one attached hydrogen (secondary N) is 2. The maximum absolute atomic E-state index is 13.5. The molecule has 0 unspecified atom stereocenters. The molecule has 1 amide bonds. The van der Waals surface area contributed by atoms with Gasteiger partial charge >= 0.3 is 0 Å². The molecular weight excluding hydrogens is 300 g/mol. The van der Waals surface area contributed by atoms with Crippen molar-refractivity contribution in [3.05, 3.63) is 65.5 Å². The molecule has 0 aliphatic carbocycles. The van der Waals surface area contributed by atoms with Crippen LogP contribution in [0.5, 0.6) is 0 Å². The molecule has 0 saturated carbocycles. The van der Waals surface area contributed by atoms with Crippen molar-refractivity contribution >= 4 is 5.91 Å². The van der Waals surface area contributed by atoms with Gasteiger partial charge in [-0.05, 0) is 41.8 Å². The monoisotopic (exact) mass is 317 g/mol. The van der Waals surface area contributed by atoms with Gasteiger partial charge in [0.05, 0.1) is 6.04 Å². The molecule has 6 heteroatoms. The lowest BCUT2D eigenvalue weighted by molar-refractivity contribution is -0.123. The maximum atomic E-state index is 13.5. The number of rotatable bonds is 4. The second-order valence-electron chi connectivity index (χ2n) is 5.63. The molecular formula is C17H17F2N3O. The fourth-order valence-corrected chi connectivity index (χ4v) is 2.84. The zero-order chi connectivity index (χ0) is 16.2. The van der Waals surface area contributed by atoms with Crippen LogP contribution < -0.4 is 10.6 Å². The van der Waals surface area contributed by atoms with E-state index in [0.29, 0.717) is 24.9 Å². The van der Waals surface area contributed by atoms with Gasteiger partial charge in [-0.1, -0.05) is 0 Å². The molecule has 0 bridgehead atoms. The van der Waals surface area contributed by atoms with E-state index < -0.39 is 17.7 Å². The molecule has 1 aromatic carbocycles. The summed E-state index contributed by atoms with van der Waals surface area (Å²) in [4.78, 5) is 15.7. The molecule has 0 radical (unpaired) electrons. The van der Waals surface area contributed by atoms with Crippen LogP contribution in [0.1, 0.15) is 30.0 Å². The van der Waals surface area contributed by atoms with Gasteiger partial charge in [0.25, 0.3) is 0 Å². The van der Waals surface area contributed by atoms with Gasteiger partial charge in [0.15, 0.2) is 0 Å². The van der Waals surface area contributed by atoms with E-state index in [1.165, 1.54) is 12.1 Å².